The van der Waals surface area contributed by atoms with E-state index < -0.39 is 0 Å². The third-order valence-corrected chi connectivity index (χ3v) is 6.20. The number of nitrogens with one attached hydrogen (secondary N) is 1. The lowest BCUT2D eigenvalue weighted by Gasteiger charge is -2.31. The maximum absolute atomic E-state index is 12.8. The summed E-state index contributed by atoms with van der Waals surface area (Å²) in [4.78, 5) is 27.1. The minimum Gasteiger partial charge on any atom is -0.349 e. The summed E-state index contributed by atoms with van der Waals surface area (Å²) in [5.41, 5.74) is 3.39. The van der Waals surface area contributed by atoms with Gasteiger partial charge in [-0.25, -0.2) is 0 Å². The lowest BCUT2D eigenvalue weighted by atomic mass is 9.81. The van der Waals surface area contributed by atoms with Crippen molar-refractivity contribution in [3.63, 3.8) is 0 Å². The van der Waals surface area contributed by atoms with E-state index >= 15 is 0 Å². The van der Waals surface area contributed by atoms with E-state index in [1.807, 2.05) is 42.5 Å². The van der Waals surface area contributed by atoms with Crippen LogP contribution < -0.4 is 5.32 Å². The van der Waals surface area contributed by atoms with Gasteiger partial charge in [0.1, 0.15) is 0 Å². The third kappa shape index (κ3) is 4.12. The van der Waals surface area contributed by atoms with Gasteiger partial charge in [-0.15, -0.1) is 0 Å². The summed E-state index contributed by atoms with van der Waals surface area (Å²) in [7, 11) is 0. The molecule has 0 radical (unpaired) electrons. The first-order valence-corrected chi connectivity index (χ1v) is 10.6. The molecule has 1 saturated carbocycles. The highest BCUT2D eigenvalue weighted by molar-refractivity contribution is 6.08. The molecule has 1 N–H and O–H groups in total. The second kappa shape index (κ2) is 8.64. The molecule has 29 heavy (non-hydrogen) atoms. The standard InChI is InChI=1S/C25H28N2O2/c1-18-21-14-8-9-15-22(21)25(29)27(18)17-16-23(28)26-24(19-10-4-2-5-11-19)20-12-6-3-7-13-20/h2,4-5,8-11,14-15,20,24H,1,3,6-7,12-13,16-17H2,(H,26,28). The smallest absolute Gasteiger partial charge is 0.258 e. The van der Waals surface area contributed by atoms with Crippen molar-refractivity contribution in [3.05, 3.63) is 77.9 Å². The molecule has 4 nitrogen and oxygen atoms in total. The minimum absolute atomic E-state index is 0.0130. The Kier molecular flexibility index (Phi) is 5.79. The number of benzene rings is 2. The van der Waals surface area contributed by atoms with E-state index in [1.54, 1.807) is 4.90 Å². The van der Waals surface area contributed by atoms with Gasteiger partial charge in [0.15, 0.2) is 0 Å². The normalized spacial score (nSPS) is 17.9. The first-order valence-electron chi connectivity index (χ1n) is 10.6. The Labute approximate surface area is 172 Å². The van der Waals surface area contributed by atoms with E-state index in [2.05, 4.69) is 24.0 Å². The van der Waals surface area contributed by atoms with E-state index in [-0.39, 0.29) is 24.3 Å². The average molecular weight is 389 g/mol. The molecule has 4 rings (SSSR count). The van der Waals surface area contributed by atoms with Gasteiger partial charge in [0.2, 0.25) is 5.91 Å². The Morgan fingerprint density at radius 1 is 1.00 bits per heavy atom. The second-order valence-electron chi connectivity index (χ2n) is 8.05. The first kappa shape index (κ1) is 19.4. The molecule has 1 atom stereocenters. The molecule has 0 aromatic heterocycles. The van der Waals surface area contributed by atoms with Crippen LogP contribution in [0, 0.1) is 5.92 Å². The predicted molar refractivity (Wildman–Crippen MR) is 115 cm³/mol. The number of fused-ring (bicyclic) bond motifs is 1. The monoisotopic (exact) mass is 388 g/mol. The van der Waals surface area contributed by atoms with Crippen LogP contribution in [0.25, 0.3) is 5.70 Å². The second-order valence-corrected chi connectivity index (χ2v) is 8.05. The number of carbonyl (C=O) groups excluding carboxylic acids is 2. The van der Waals surface area contributed by atoms with Crippen LogP contribution in [0.15, 0.2) is 61.2 Å². The van der Waals surface area contributed by atoms with Gasteiger partial charge in [0, 0.05) is 29.8 Å². The summed E-state index contributed by atoms with van der Waals surface area (Å²) in [5, 5.41) is 3.27. The lowest BCUT2D eigenvalue weighted by Crippen LogP contribution is -2.36. The van der Waals surface area contributed by atoms with Crippen LogP contribution in [-0.2, 0) is 4.79 Å². The highest BCUT2D eigenvalue weighted by Crippen LogP contribution is 2.35. The van der Waals surface area contributed by atoms with E-state index in [0.717, 1.165) is 18.4 Å². The van der Waals surface area contributed by atoms with Crippen LogP contribution in [-0.4, -0.2) is 23.3 Å². The van der Waals surface area contributed by atoms with Crippen molar-refractivity contribution in [1.82, 2.24) is 10.2 Å². The van der Waals surface area contributed by atoms with Crippen molar-refractivity contribution >= 4 is 17.5 Å². The molecule has 1 heterocycles. The molecule has 0 saturated heterocycles. The molecular weight excluding hydrogens is 360 g/mol. The van der Waals surface area contributed by atoms with Crippen molar-refractivity contribution in [1.29, 1.82) is 0 Å². The van der Waals surface area contributed by atoms with Gasteiger partial charge in [-0.3, -0.25) is 9.59 Å². The molecule has 0 spiro atoms. The summed E-state index contributed by atoms with van der Waals surface area (Å²) in [5.74, 6) is 0.397. The third-order valence-electron chi connectivity index (χ3n) is 6.20. The molecule has 4 heteroatoms. The van der Waals surface area contributed by atoms with Gasteiger partial charge in [0.05, 0.1) is 6.04 Å². The quantitative estimate of drug-likeness (QED) is 0.762. The molecule has 1 aliphatic carbocycles. The van der Waals surface area contributed by atoms with Gasteiger partial charge >= 0.3 is 0 Å². The van der Waals surface area contributed by atoms with Crippen molar-refractivity contribution in [2.45, 2.75) is 44.6 Å². The predicted octanol–water partition coefficient (Wildman–Crippen LogP) is 4.94. The summed E-state index contributed by atoms with van der Waals surface area (Å²) >= 11 is 0. The molecule has 1 aliphatic heterocycles. The van der Waals surface area contributed by atoms with Crippen molar-refractivity contribution in [2.75, 3.05) is 6.54 Å². The number of carbonyl (C=O) groups is 2. The van der Waals surface area contributed by atoms with E-state index in [1.165, 1.54) is 24.8 Å². The van der Waals surface area contributed by atoms with Gasteiger partial charge in [-0.2, -0.15) is 0 Å². The zero-order valence-electron chi connectivity index (χ0n) is 16.8. The van der Waals surface area contributed by atoms with Crippen LogP contribution in [0.1, 0.15) is 66.1 Å². The Morgan fingerprint density at radius 3 is 2.34 bits per heavy atom. The Bertz CT molecular complexity index is 865. The lowest BCUT2D eigenvalue weighted by molar-refractivity contribution is -0.122. The van der Waals surface area contributed by atoms with Crippen LogP contribution in [0.2, 0.25) is 0 Å². The maximum atomic E-state index is 12.8. The number of rotatable bonds is 6. The van der Waals surface area contributed by atoms with E-state index in [4.69, 9.17) is 0 Å². The molecular formula is C25H28N2O2. The van der Waals surface area contributed by atoms with E-state index in [9.17, 15) is 9.59 Å². The fraction of sp³-hybridized carbons (Fsp3) is 0.360. The highest BCUT2D eigenvalue weighted by atomic mass is 16.2. The van der Waals surface area contributed by atoms with Gasteiger partial charge in [0.25, 0.3) is 5.91 Å². The molecule has 2 aromatic carbocycles. The van der Waals surface area contributed by atoms with Gasteiger partial charge in [-0.05, 0) is 30.4 Å². The Hall–Kier alpha value is -2.88. The van der Waals surface area contributed by atoms with Crippen LogP contribution in [0.3, 0.4) is 0 Å². The molecule has 2 amide bonds. The summed E-state index contributed by atoms with van der Waals surface area (Å²) in [6, 6.07) is 17.8. The summed E-state index contributed by atoms with van der Waals surface area (Å²) in [6.07, 6.45) is 6.31. The Balaban J connectivity index is 1.41. The number of amides is 2. The topological polar surface area (TPSA) is 49.4 Å². The molecule has 2 aromatic rings. The summed E-state index contributed by atoms with van der Waals surface area (Å²) < 4.78 is 0. The average Bonchev–Trinajstić information content (AvgIpc) is 3.02. The van der Waals surface area contributed by atoms with Gasteiger partial charge < -0.3 is 10.2 Å². The van der Waals surface area contributed by atoms with E-state index in [0.29, 0.717) is 23.7 Å². The Morgan fingerprint density at radius 2 is 1.66 bits per heavy atom. The molecule has 1 unspecified atom stereocenters. The van der Waals surface area contributed by atoms with Gasteiger partial charge in [-0.1, -0.05) is 74.4 Å². The van der Waals surface area contributed by atoms with Crippen molar-refractivity contribution in [2.24, 2.45) is 5.92 Å². The molecule has 0 bridgehead atoms. The van der Waals surface area contributed by atoms with Crippen LogP contribution in [0.4, 0.5) is 0 Å². The molecule has 1 fully saturated rings. The number of hydrogen-bond acceptors (Lipinski definition) is 2. The first-order chi connectivity index (χ1) is 14.1. The number of nitrogens with zero attached hydrogens (tertiary/aromatic N) is 1. The van der Waals surface area contributed by atoms with Crippen LogP contribution >= 0.6 is 0 Å². The minimum atomic E-state index is -0.0645. The van der Waals surface area contributed by atoms with Crippen molar-refractivity contribution in [3.8, 4) is 0 Å². The molecule has 2 aliphatic rings. The number of hydrogen-bond donors (Lipinski definition) is 1. The zero-order valence-corrected chi connectivity index (χ0v) is 16.8. The fourth-order valence-electron chi connectivity index (χ4n) is 4.63. The largest absolute Gasteiger partial charge is 0.349 e. The fourth-order valence-corrected chi connectivity index (χ4v) is 4.63. The SMILES string of the molecule is C=C1c2ccccc2C(=O)N1CCC(=O)NC(c1ccccc1)C1CCCCC1. The van der Waals surface area contributed by atoms with Crippen LogP contribution in [0.5, 0.6) is 0 Å². The molecule has 150 valence electrons. The highest BCUT2D eigenvalue weighted by Gasteiger charge is 2.31. The van der Waals surface area contributed by atoms with Crippen molar-refractivity contribution < 1.29 is 9.59 Å². The zero-order chi connectivity index (χ0) is 20.2. The summed E-state index contributed by atoms with van der Waals surface area (Å²) in [6.45, 7) is 4.41. The maximum Gasteiger partial charge on any atom is 0.258 e.